The highest BCUT2D eigenvalue weighted by Gasteiger charge is 2.45. The summed E-state index contributed by atoms with van der Waals surface area (Å²) in [4.78, 5) is 28.5. The smallest absolute Gasteiger partial charge is 0.356 e. The molecule has 2 N–H and O–H groups in total. The highest BCUT2D eigenvalue weighted by atomic mass is 32.2. The van der Waals surface area contributed by atoms with Gasteiger partial charge in [-0.3, -0.25) is 18.9 Å². The Kier molecular flexibility index (Phi) is 6.97. The molecule has 3 aromatic rings. The molecule has 188 valence electrons. The molecule has 0 unspecified atom stereocenters. The summed E-state index contributed by atoms with van der Waals surface area (Å²) in [6, 6.07) is 11.5. The highest BCUT2D eigenvalue weighted by molar-refractivity contribution is 7.93. The number of para-hydroxylation sites is 2. The van der Waals surface area contributed by atoms with Crippen molar-refractivity contribution in [1.29, 1.82) is 0 Å². The molecular formula is C24H21F3N4O4S. The lowest BCUT2D eigenvalue weighted by Crippen LogP contribution is -2.53. The van der Waals surface area contributed by atoms with Crippen molar-refractivity contribution in [2.24, 2.45) is 0 Å². The number of carbonyl (C=O) groups excluding carboxylic acids is 2. The van der Waals surface area contributed by atoms with Gasteiger partial charge < -0.3 is 10.6 Å². The van der Waals surface area contributed by atoms with Crippen LogP contribution in [-0.4, -0.2) is 37.8 Å². The van der Waals surface area contributed by atoms with E-state index in [1.807, 2.05) is 0 Å². The zero-order chi connectivity index (χ0) is 25.9. The van der Waals surface area contributed by atoms with Gasteiger partial charge in [-0.2, -0.15) is 13.2 Å². The Labute approximate surface area is 205 Å². The summed E-state index contributed by atoms with van der Waals surface area (Å²) in [7, 11) is -4.91. The van der Waals surface area contributed by atoms with Crippen LogP contribution in [0.25, 0.3) is 0 Å². The maximum Gasteiger partial charge on any atom is 0.417 e. The van der Waals surface area contributed by atoms with Gasteiger partial charge in [0, 0.05) is 18.9 Å². The lowest BCUT2D eigenvalue weighted by atomic mass is 10.1. The molecule has 1 aliphatic rings. The first-order chi connectivity index (χ1) is 17.1. The van der Waals surface area contributed by atoms with Crippen molar-refractivity contribution in [2.45, 2.75) is 30.0 Å². The number of hydrogen-bond acceptors (Lipinski definition) is 5. The Morgan fingerprint density at radius 2 is 1.69 bits per heavy atom. The zero-order valence-electron chi connectivity index (χ0n) is 18.7. The first kappa shape index (κ1) is 25.2. The van der Waals surface area contributed by atoms with Gasteiger partial charge in [0.15, 0.2) is 0 Å². The number of fused-ring (bicyclic) bond motifs is 1. The monoisotopic (exact) mass is 518 g/mol. The van der Waals surface area contributed by atoms with Crippen molar-refractivity contribution in [1.82, 2.24) is 10.3 Å². The quantitative estimate of drug-likeness (QED) is 0.499. The van der Waals surface area contributed by atoms with Crippen LogP contribution in [0.15, 0.2) is 78.0 Å². The van der Waals surface area contributed by atoms with Crippen LogP contribution >= 0.6 is 0 Å². The fraction of sp³-hybridized carbons (Fsp3) is 0.208. The van der Waals surface area contributed by atoms with Crippen molar-refractivity contribution < 1.29 is 31.2 Å². The van der Waals surface area contributed by atoms with Crippen LogP contribution < -0.4 is 14.9 Å². The zero-order valence-corrected chi connectivity index (χ0v) is 19.5. The van der Waals surface area contributed by atoms with Gasteiger partial charge >= 0.3 is 6.18 Å². The molecule has 0 saturated heterocycles. The number of aromatic nitrogens is 1. The molecule has 2 heterocycles. The summed E-state index contributed by atoms with van der Waals surface area (Å²) in [5.74, 6) is -1.46. The molecule has 0 bridgehead atoms. The van der Waals surface area contributed by atoms with Gasteiger partial charge in [-0.05, 0) is 48.4 Å². The average molecular weight is 519 g/mol. The topological polar surface area (TPSA) is 108 Å². The molecule has 0 aliphatic carbocycles. The van der Waals surface area contributed by atoms with Crippen LogP contribution in [-0.2, 0) is 32.2 Å². The Morgan fingerprint density at radius 1 is 1.03 bits per heavy atom. The number of hydrogen-bond donors (Lipinski definition) is 2. The Balaban J connectivity index is 1.66. The van der Waals surface area contributed by atoms with Gasteiger partial charge in [-0.15, -0.1) is 0 Å². The van der Waals surface area contributed by atoms with E-state index in [0.29, 0.717) is 16.8 Å². The number of benzene rings is 2. The summed E-state index contributed by atoms with van der Waals surface area (Å²) >= 11 is 0. The van der Waals surface area contributed by atoms with E-state index in [1.54, 1.807) is 30.6 Å². The van der Waals surface area contributed by atoms with Gasteiger partial charge in [0.2, 0.25) is 11.8 Å². The molecular weight excluding hydrogens is 497 g/mol. The molecule has 2 amide bonds. The molecule has 1 aromatic heterocycles. The summed E-state index contributed by atoms with van der Waals surface area (Å²) in [6.07, 6.45) is -1.88. The molecule has 4 rings (SSSR count). The van der Waals surface area contributed by atoms with Crippen molar-refractivity contribution >= 4 is 33.2 Å². The van der Waals surface area contributed by atoms with Gasteiger partial charge in [0.1, 0.15) is 6.04 Å². The van der Waals surface area contributed by atoms with Gasteiger partial charge in [0.25, 0.3) is 10.0 Å². The third-order valence-corrected chi connectivity index (χ3v) is 7.46. The van der Waals surface area contributed by atoms with E-state index >= 15 is 0 Å². The summed E-state index contributed by atoms with van der Waals surface area (Å²) in [5.41, 5.74) is -0.398. The number of sulfonamides is 1. The summed E-state index contributed by atoms with van der Waals surface area (Å²) in [5, 5.41) is 5.17. The molecule has 0 fully saturated rings. The Morgan fingerprint density at radius 3 is 2.42 bits per heavy atom. The van der Waals surface area contributed by atoms with Crippen LogP contribution in [0.2, 0.25) is 0 Å². The van der Waals surface area contributed by atoms with Crippen molar-refractivity contribution in [3.05, 3.63) is 84.2 Å². The van der Waals surface area contributed by atoms with E-state index in [9.17, 15) is 31.2 Å². The number of alkyl halides is 3. The Bertz CT molecular complexity index is 1380. The second-order valence-corrected chi connectivity index (χ2v) is 9.76. The highest BCUT2D eigenvalue weighted by Crippen LogP contribution is 2.40. The van der Waals surface area contributed by atoms with Crippen molar-refractivity contribution in [3.63, 3.8) is 0 Å². The van der Waals surface area contributed by atoms with E-state index in [-0.39, 0.29) is 17.9 Å². The number of nitrogens with zero attached hydrogens (tertiary/aromatic N) is 2. The maximum absolute atomic E-state index is 13.7. The minimum absolute atomic E-state index is 0.0383. The standard InChI is InChI=1S/C24H21F3N4O4S/c25-24(26,27)17-5-1-4-8-21(17)36(34,35)31-19-7-3-2-6-18(19)30-23(33)20(31)15-22(32)29-14-11-16-9-12-28-13-10-16/h1-10,12-13,20H,11,14-15H2,(H,29,32)(H,30,33)/t20-/m1/s1. The van der Waals surface area contributed by atoms with Crippen LogP contribution in [0.3, 0.4) is 0 Å². The molecule has 12 heteroatoms. The fourth-order valence-corrected chi connectivity index (χ4v) is 5.76. The normalized spacial score (nSPS) is 15.7. The molecule has 1 atom stereocenters. The van der Waals surface area contributed by atoms with Gasteiger partial charge in [-0.1, -0.05) is 24.3 Å². The fourth-order valence-electron chi connectivity index (χ4n) is 3.91. The lowest BCUT2D eigenvalue weighted by molar-refractivity contribution is -0.139. The van der Waals surface area contributed by atoms with E-state index in [4.69, 9.17) is 0 Å². The first-order valence-electron chi connectivity index (χ1n) is 10.8. The predicted octanol–water partition coefficient (Wildman–Crippen LogP) is 3.37. The SMILES string of the molecule is O=C(C[C@@H]1C(=O)Nc2ccccc2N1S(=O)(=O)c1ccccc1C(F)(F)F)NCCc1ccncc1. The number of halogens is 3. The van der Waals surface area contributed by atoms with Crippen molar-refractivity contribution in [3.8, 4) is 0 Å². The van der Waals surface area contributed by atoms with Gasteiger partial charge in [0.05, 0.1) is 28.3 Å². The maximum atomic E-state index is 13.7. The summed E-state index contributed by atoms with van der Waals surface area (Å²) < 4.78 is 69.0. The van der Waals surface area contributed by atoms with E-state index in [0.717, 1.165) is 17.7 Å². The van der Waals surface area contributed by atoms with Crippen LogP contribution in [0, 0.1) is 0 Å². The first-order valence-corrected chi connectivity index (χ1v) is 12.3. The summed E-state index contributed by atoms with van der Waals surface area (Å²) in [6.45, 7) is 0.206. The number of amides is 2. The lowest BCUT2D eigenvalue weighted by Gasteiger charge is -2.37. The second-order valence-electron chi connectivity index (χ2n) is 7.98. The molecule has 1 aliphatic heterocycles. The van der Waals surface area contributed by atoms with Crippen molar-refractivity contribution in [2.75, 3.05) is 16.2 Å². The minimum Gasteiger partial charge on any atom is -0.356 e. The predicted molar refractivity (Wildman–Crippen MR) is 126 cm³/mol. The van der Waals surface area contributed by atoms with Crippen LogP contribution in [0.4, 0.5) is 24.5 Å². The molecule has 0 radical (unpaired) electrons. The third-order valence-electron chi connectivity index (χ3n) is 5.58. The van der Waals surface area contributed by atoms with Crippen LogP contribution in [0.5, 0.6) is 0 Å². The number of rotatable bonds is 7. The second kappa shape index (κ2) is 9.97. The van der Waals surface area contributed by atoms with E-state index in [2.05, 4.69) is 15.6 Å². The Hall–Kier alpha value is -3.93. The van der Waals surface area contributed by atoms with E-state index < -0.39 is 50.9 Å². The van der Waals surface area contributed by atoms with Gasteiger partial charge in [-0.25, -0.2) is 8.42 Å². The number of nitrogens with one attached hydrogen (secondary N) is 2. The number of pyridine rings is 1. The number of anilines is 2. The molecule has 0 saturated carbocycles. The molecule has 0 spiro atoms. The largest absolute Gasteiger partial charge is 0.417 e. The van der Waals surface area contributed by atoms with E-state index in [1.165, 1.54) is 24.3 Å². The molecule has 36 heavy (non-hydrogen) atoms. The third kappa shape index (κ3) is 5.18. The minimum atomic E-state index is -4.96. The van der Waals surface area contributed by atoms with Crippen LogP contribution in [0.1, 0.15) is 17.5 Å². The average Bonchev–Trinajstić information content (AvgIpc) is 2.84. The number of carbonyl (C=O) groups is 2. The molecule has 8 nitrogen and oxygen atoms in total. The molecule has 2 aromatic carbocycles.